The summed E-state index contributed by atoms with van der Waals surface area (Å²) in [6, 6.07) is 3.65. The molecule has 0 spiro atoms. The van der Waals surface area contributed by atoms with E-state index in [4.69, 9.17) is 21.7 Å². The zero-order chi connectivity index (χ0) is 12.7. The van der Waals surface area contributed by atoms with Crippen LogP contribution in [0.3, 0.4) is 0 Å². The van der Waals surface area contributed by atoms with Crippen LogP contribution in [-0.2, 0) is 4.79 Å². The van der Waals surface area contributed by atoms with E-state index in [2.05, 4.69) is 21.2 Å². The van der Waals surface area contributed by atoms with Gasteiger partial charge in [0.15, 0.2) is 11.5 Å². The molecule has 18 heavy (non-hydrogen) atoms. The first-order valence-electron chi connectivity index (χ1n) is 4.97. The summed E-state index contributed by atoms with van der Waals surface area (Å²) in [5.41, 5.74) is 0.849. The van der Waals surface area contributed by atoms with E-state index >= 15 is 0 Å². The molecule has 2 aliphatic rings. The van der Waals surface area contributed by atoms with Gasteiger partial charge in [-0.2, -0.15) is 0 Å². The Hall–Kier alpha value is -1.05. The molecular formula is C11H6BrNO3S2. The second-order valence-corrected chi connectivity index (χ2v) is 6.15. The lowest BCUT2D eigenvalue weighted by molar-refractivity contribution is -0.115. The van der Waals surface area contributed by atoms with Crippen LogP contribution < -0.4 is 14.8 Å². The maximum absolute atomic E-state index is 11.6. The summed E-state index contributed by atoms with van der Waals surface area (Å²) in [6.45, 7) is 0.223. The Kier molecular flexibility index (Phi) is 3.04. The fourth-order valence-electron chi connectivity index (χ4n) is 1.61. The number of thiocarbonyl (C=S) groups is 1. The predicted molar refractivity (Wildman–Crippen MR) is 76.6 cm³/mol. The molecular weight excluding hydrogens is 338 g/mol. The van der Waals surface area contributed by atoms with Crippen LogP contribution in [0.1, 0.15) is 5.56 Å². The number of carbonyl (C=O) groups excluding carboxylic acids is 1. The van der Waals surface area contributed by atoms with Crippen molar-refractivity contribution >= 4 is 56.2 Å². The van der Waals surface area contributed by atoms with Crippen molar-refractivity contribution in [3.63, 3.8) is 0 Å². The Morgan fingerprint density at radius 3 is 2.78 bits per heavy atom. The van der Waals surface area contributed by atoms with E-state index in [0.29, 0.717) is 20.7 Å². The minimum atomic E-state index is -0.172. The standard InChI is InChI=1S/C11H6BrNO3S2/c12-6-3-8-7(15-4-16-8)1-5(6)2-9-10(14)13-11(17)18-9/h1-3H,4H2,(H,13,14,17)/b9-2-. The van der Waals surface area contributed by atoms with Crippen LogP contribution in [0.15, 0.2) is 21.5 Å². The molecule has 0 radical (unpaired) electrons. The van der Waals surface area contributed by atoms with Crippen LogP contribution in [0, 0.1) is 0 Å². The normalized spacial score (nSPS) is 19.5. The summed E-state index contributed by atoms with van der Waals surface area (Å²) in [4.78, 5) is 12.1. The first kappa shape index (κ1) is 12.0. The molecule has 2 aliphatic heterocycles. The van der Waals surface area contributed by atoms with Crippen LogP contribution >= 0.6 is 39.9 Å². The largest absolute Gasteiger partial charge is 0.454 e. The highest BCUT2D eigenvalue weighted by molar-refractivity contribution is 9.10. The summed E-state index contributed by atoms with van der Waals surface area (Å²) >= 11 is 9.62. The molecule has 3 rings (SSSR count). The molecule has 2 heterocycles. The summed E-state index contributed by atoms with van der Waals surface area (Å²) in [6.07, 6.45) is 1.77. The number of hydrogen-bond acceptors (Lipinski definition) is 5. The molecule has 4 nitrogen and oxygen atoms in total. The topological polar surface area (TPSA) is 47.6 Å². The predicted octanol–water partition coefficient (Wildman–Crippen LogP) is 2.67. The van der Waals surface area contributed by atoms with Crippen molar-refractivity contribution in [3.05, 3.63) is 27.1 Å². The van der Waals surface area contributed by atoms with E-state index in [9.17, 15) is 4.79 Å². The van der Waals surface area contributed by atoms with Crippen molar-refractivity contribution < 1.29 is 14.3 Å². The molecule has 1 fully saturated rings. The van der Waals surface area contributed by atoms with Gasteiger partial charge in [0.05, 0.1) is 4.91 Å². The Bertz CT molecular complexity index is 600. The Morgan fingerprint density at radius 2 is 2.11 bits per heavy atom. The van der Waals surface area contributed by atoms with Crippen LogP contribution in [0.4, 0.5) is 0 Å². The Labute approximate surface area is 121 Å². The van der Waals surface area contributed by atoms with Gasteiger partial charge in [-0.15, -0.1) is 0 Å². The van der Waals surface area contributed by atoms with Crippen molar-refractivity contribution in [3.8, 4) is 11.5 Å². The first-order valence-corrected chi connectivity index (χ1v) is 6.99. The molecule has 0 atom stereocenters. The maximum Gasteiger partial charge on any atom is 0.263 e. The third-order valence-corrected chi connectivity index (χ3v) is 4.27. The van der Waals surface area contributed by atoms with E-state index in [0.717, 1.165) is 10.0 Å². The van der Waals surface area contributed by atoms with Crippen molar-refractivity contribution in [1.82, 2.24) is 5.32 Å². The smallest absolute Gasteiger partial charge is 0.263 e. The van der Waals surface area contributed by atoms with Gasteiger partial charge in [-0.05, 0) is 23.8 Å². The highest BCUT2D eigenvalue weighted by Gasteiger charge is 2.23. The van der Waals surface area contributed by atoms with Crippen LogP contribution in [-0.4, -0.2) is 17.0 Å². The lowest BCUT2D eigenvalue weighted by Gasteiger charge is -2.02. The van der Waals surface area contributed by atoms with E-state index in [1.807, 2.05) is 12.1 Å². The molecule has 0 aromatic heterocycles. The van der Waals surface area contributed by atoms with Gasteiger partial charge >= 0.3 is 0 Å². The summed E-state index contributed by atoms with van der Waals surface area (Å²) in [5, 5.41) is 2.57. The number of ether oxygens (including phenoxy) is 2. The molecule has 7 heteroatoms. The Balaban J connectivity index is 2.00. The molecule has 92 valence electrons. The number of nitrogens with one attached hydrogen (secondary N) is 1. The van der Waals surface area contributed by atoms with Gasteiger partial charge in [-0.1, -0.05) is 39.9 Å². The third-order valence-electron chi connectivity index (χ3n) is 2.42. The van der Waals surface area contributed by atoms with Crippen LogP contribution in [0.25, 0.3) is 6.08 Å². The van der Waals surface area contributed by atoms with Gasteiger partial charge in [-0.25, -0.2) is 0 Å². The van der Waals surface area contributed by atoms with Gasteiger partial charge in [0.1, 0.15) is 4.32 Å². The summed E-state index contributed by atoms with van der Waals surface area (Å²) in [7, 11) is 0. The maximum atomic E-state index is 11.6. The fraction of sp³-hybridized carbons (Fsp3) is 0.0909. The third kappa shape index (κ3) is 2.13. The van der Waals surface area contributed by atoms with Gasteiger partial charge in [-0.3, -0.25) is 4.79 Å². The molecule has 1 aromatic rings. The first-order chi connectivity index (χ1) is 8.63. The number of halogens is 1. The zero-order valence-electron chi connectivity index (χ0n) is 8.86. The van der Waals surface area contributed by atoms with Crippen molar-refractivity contribution in [2.45, 2.75) is 0 Å². The van der Waals surface area contributed by atoms with E-state index < -0.39 is 0 Å². The molecule has 1 N–H and O–H groups in total. The number of fused-ring (bicyclic) bond motifs is 1. The average Bonchev–Trinajstić information content (AvgIpc) is 2.86. The van der Waals surface area contributed by atoms with Crippen molar-refractivity contribution in [1.29, 1.82) is 0 Å². The number of thioether (sulfide) groups is 1. The molecule has 0 saturated carbocycles. The highest BCUT2D eigenvalue weighted by Crippen LogP contribution is 2.38. The molecule has 0 bridgehead atoms. The van der Waals surface area contributed by atoms with Gasteiger partial charge in [0.25, 0.3) is 5.91 Å². The SMILES string of the molecule is O=C1NC(=S)S/C1=C\c1cc2c(cc1Br)OCO2. The zero-order valence-corrected chi connectivity index (χ0v) is 12.1. The average molecular weight is 344 g/mol. The second-order valence-electron chi connectivity index (χ2n) is 3.58. The molecule has 0 unspecified atom stereocenters. The van der Waals surface area contributed by atoms with Crippen molar-refractivity contribution in [2.75, 3.05) is 6.79 Å². The number of amides is 1. The van der Waals surface area contributed by atoms with E-state index in [-0.39, 0.29) is 12.7 Å². The molecule has 1 amide bonds. The van der Waals surface area contributed by atoms with Gasteiger partial charge in [0, 0.05) is 4.47 Å². The van der Waals surface area contributed by atoms with Gasteiger partial charge in [0.2, 0.25) is 6.79 Å². The minimum Gasteiger partial charge on any atom is -0.454 e. The van der Waals surface area contributed by atoms with Crippen LogP contribution in [0.5, 0.6) is 11.5 Å². The molecule has 0 aliphatic carbocycles. The number of benzene rings is 1. The molecule has 1 aromatic carbocycles. The lowest BCUT2D eigenvalue weighted by Crippen LogP contribution is -2.17. The quantitative estimate of drug-likeness (QED) is 0.627. The number of rotatable bonds is 1. The monoisotopic (exact) mass is 343 g/mol. The Morgan fingerprint density at radius 1 is 1.39 bits per heavy atom. The molecule has 1 saturated heterocycles. The lowest BCUT2D eigenvalue weighted by atomic mass is 10.2. The number of hydrogen-bond donors (Lipinski definition) is 1. The number of carbonyl (C=O) groups is 1. The van der Waals surface area contributed by atoms with Crippen LogP contribution in [0.2, 0.25) is 0 Å². The minimum absolute atomic E-state index is 0.172. The summed E-state index contributed by atoms with van der Waals surface area (Å²) in [5.74, 6) is 1.20. The van der Waals surface area contributed by atoms with Crippen molar-refractivity contribution in [2.24, 2.45) is 0 Å². The van der Waals surface area contributed by atoms with E-state index in [1.54, 1.807) is 6.08 Å². The second kappa shape index (κ2) is 4.56. The van der Waals surface area contributed by atoms with Gasteiger partial charge < -0.3 is 14.8 Å². The van der Waals surface area contributed by atoms with E-state index in [1.165, 1.54) is 11.8 Å². The highest BCUT2D eigenvalue weighted by atomic mass is 79.9. The fourth-order valence-corrected chi connectivity index (χ4v) is 3.08. The summed E-state index contributed by atoms with van der Waals surface area (Å²) < 4.78 is 11.9.